The maximum absolute atomic E-state index is 13.3. The number of benzene rings is 1. The van der Waals surface area contributed by atoms with Gasteiger partial charge in [0.2, 0.25) is 15.9 Å². The third-order valence-corrected chi connectivity index (χ3v) is 7.72. The van der Waals surface area contributed by atoms with Gasteiger partial charge in [-0.3, -0.25) is 14.4 Å². The van der Waals surface area contributed by atoms with Crippen molar-refractivity contribution in [2.75, 3.05) is 31.5 Å². The van der Waals surface area contributed by atoms with Crippen LogP contribution in [0, 0.1) is 13.8 Å². The molecule has 0 aliphatic carbocycles. The molecule has 1 aromatic carbocycles. The van der Waals surface area contributed by atoms with Crippen LogP contribution in [0.1, 0.15) is 23.9 Å². The van der Waals surface area contributed by atoms with E-state index in [1.165, 1.54) is 6.07 Å². The maximum atomic E-state index is 13.3. The Hall–Kier alpha value is -2.44. The zero-order valence-electron chi connectivity index (χ0n) is 18.3. The highest BCUT2D eigenvalue weighted by atomic mass is 32.2. The minimum Gasteiger partial charge on any atom is -0.322 e. The first-order chi connectivity index (χ1) is 14.8. The Bertz CT molecular complexity index is 1110. The zero-order chi connectivity index (χ0) is 23.8. The van der Waals surface area contributed by atoms with Gasteiger partial charge in [0.25, 0.3) is 0 Å². The van der Waals surface area contributed by atoms with Crippen LogP contribution in [0.3, 0.4) is 0 Å². The SMILES string of the molecule is Cc1nn(C)c(C)c1NC(=O)[C@@H](C)N1CCN(S(=O)(=O)c2ccccc2C(F)(F)F)CC1. The van der Waals surface area contributed by atoms with E-state index in [-0.39, 0.29) is 32.1 Å². The van der Waals surface area contributed by atoms with Crippen LogP contribution >= 0.6 is 0 Å². The molecule has 0 spiro atoms. The van der Waals surface area contributed by atoms with E-state index in [0.29, 0.717) is 11.4 Å². The molecule has 3 rings (SSSR count). The van der Waals surface area contributed by atoms with E-state index in [9.17, 15) is 26.4 Å². The minimum atomic E-state index is -4.78. The largest absolute Gasteiger partial charge is 0.417 e. The van der Waals surface area contributed by atoms with Crippen molar-refractivity contribution in [3.8, 4) is 0 Å². The predicted octanol–water partition coefficient (Wildman–Crippen LogP) is 2.39. The molecule has 1 aliphatic heterocycles. The van der Waals surface area contributed by atoms with Crippen molar-refractivity contribution in [3.05, 3.63) is 41.2 Å². The lowest BCUT2D eigenvalue weighted by Gasteiger charge is -2.37. The fourth-order valence-corrected chi connectivity index (χ4v) is 5.38. The fourth-order valence-electron chi connectivity index (χ4n) is 3.74. The zero-order valence-corrected chi connectivity index (χ0v) is 19.1. The molecule has 0 radical (unpaired) electrons. The number of rotatable bonds is 5. The quantitative estimate of drug-likeness (QED) is 0.721. The summed E-state index contributed by atoms with van der Waals surface area (Å²) in [6.45, 7) is 5.73. The first kappa shape index (κ1) is 24.2. The van der Waals surface area contributed by atoms with Gasteiger partial charge >= 0.3 is 6.18 Å². The number of sulfonamides is 1. The molecule has 1 N–H and O–H groups in total. The van der Waals surface area contributed by atoms with Crippen molar-refractivity contribution in [1.29, 1.82) is 0 Å². The van der Waals surface area contributed by atoms with Gasteiger partial charge in [0.1, 0.15) is 0 Å². The smallest absolute Gasteiger partial charge is 0.322 e. The summed E-state index contributed by atoms with van der Waals surface area (Å²) in [5.74, 6) is -0.261. The van der Waals surface area contributed by atoms with Gasteiger partial charge in [0.15, 0.2) is 0 Å². The van der Waals surface area contributed by atoms with Crippen LogP contribution < -0.4 is 5.32 Å². The van der Waals surface area contributed by atoms with Crippen molar-refractivity contribution >= 4 is 21.6 Å². The summed E-state index contributed by atoms with van der Waals surface area (Å²) in [5.41, 5.74) is 0.943. The Morgan fingerprint density at radius 1 is 1.12 bits per heavy atom. The second-order valence-electron chi connectivity index (χ2n) is 7.77. The van der Waals surface area contributed by atoms with Crippen LogP contribution in [-0.2, 0) is 28.0 Å². The summed E-state index contributed by atoms with van der Waals surface area (Å²) < 4.78 is 68.4. The highest BCUT2D eigenvalue weighted by Gasteiger charge is 2.40. The summed E-state index contributed by atoms with van der Waals surface area (Å²) in [6, 6.07) is 3.61. The number of aromatic nitrogens is 2. The first-order valence-electron chi connectivity index (χ1n) is 10.1. The van der Waals surface area contributed by atoms with E-state index in [1.54, 1.807) is 30.5 Å². The Balaban J connectivity index is 1.69. The molecular weight excluding hydrogens is 447 g/mol. The number of halogens is 3. The number of carbonyl (C=O) groups excluding carboxylic acids is 1. The van der Waals surface area contributed by atoms with Gasteiger partial charge in [-0.15, -0.1) is 0 Å². The van der Waals surface area contributed by atoms with Crippen LogP contribution in [0.15, 0.2) is 29.2 Å². The maximum Gasteiger partial charge on any atom is 0.417 e. The van der Waals surface area contributed by atoms with Gasteiger partial charge in [0.05, 0.1) is 33.6 Å². The van der Waals surface area contributed by atoms with Crippen molar-refractivity contribution in [3.63, 3.8) is 0 Å². The number of amides is 1. The van der Waals surface area contributed by atoms with Crippen LogP contribution in [0.4, 0.5) is 18.9 Å². The van der Waals surface area contributed by atoms with Crippen LogP contribution in [0.2, 0.25) is 0 Å². The number of hydrogen-bond acceptors (Lipinski definition) is 5. The molecule has 12 heteroatoms. The van der Waals surface area contributed by atoms with Gasteiger partial charge in [-0.05, 0) is 32.9 Å². The summed E-state index contributed by atoms with van der Waals surface area (Å²) >= 11 is 0. The number of anilines is 1. The molecule has 1 aliphatic rings. The summed E-state index contributed by atoms with van der Waals surface area (Å²) in [7, 11) is -2.55. The molecule has 2 aromatic rings. The van der Waals surface area contributed by atoms with E-state index in [2.05, 4.69) is 10.4 Å². The van der Waals surface area contributed by atoms with Crippen LogP contribution in [0.25, 0.3) is 0 Å². The number of nitrogens with one attached hydrogen (secondary N) is 1. The molecule has 32 heavy (non-hydrogen) atoms. The molecular formula is C20H26F3N5O3S. The monoisotopic (exact) mass is 473 g/mol. The molecule has 2 heterocycles. The third kappa shape index (κ3) is 4.66. The molecule has 0 bridgehead atoms. The third-order valence-electron chi connectivity index (χ3n) is 5.77. The molecule has 1 fully saturated rings. The highest BCUT2D eigenvalue weighted by molar-refractivity contribution is 7.89. The van der Waals surface area contributed by atoms with E-state index in [0.717, 1.165) is 28.2 Å². The van der Waals surface area contributed by atoms with E-state index in [4.69, 9.17) is 0 Å². The topological polar surface area (TPSA) is 87.5 Å². The fraction of sp³-hybridized carbons (Fsp3) is 0.500. The molecule has 0 saturated carbocycles. The number of hydrogen-bond donors (Lipinski definition) is 1. The average Bonchev–Trinajstić information content (AvgIpc) is 2.98. The number of piperazine rings is 1. The molecule has 1 saturated heterocycles. The molecule has 0 unspecified atom stereocenters. The van der Waals surface area contributed by atoms with Gasteiger partial charge in [-0.1, -0.05) is 12.1 Å². The second kappa shape index (κ2) is 8.83. The Kier molecular flexibility index (Phi) is 6.68. The number of carbonyl (C=O) groups is 1. The van der Waals surface area contributed by atoms with Gasteiger partial charge in [0, 0.05) is 33.2 Å². The van der Waals surface area contributed by atoms with Crippen molar-refractivity contribution < 1.29 is 26.4 Å². The normalized spacial score (nSPS) is 17.3. The lowest BCUT2D eigenvalue weighted by Crippen LogP contribution is -2.54. The summed E-state index contributed by atoms with van der Waals surface area (Å²) in [6.07, 6.45) is -4.78. The minimum absolute atomic E-state index is 0.0168. The van der Waals surface area contributed by atoms with Crippen molar-refractivity contribution in [1.82, 2.24) is 19.0 Å². The first-order valence-corrected chi connectivity index (χ1v) is 11.5. The lowest BCUT2D eigenvalue weighted by atomic mass is 10.2. The van der Waals surface area contributed by atoms with Crippen molar-refractivity contribution in [2.24, 2.45) is 7.05 Å². The van der Waals surface area contributed by atoms with Crippen molar-refractivity contribution in [2.45, 2.75) is 37.9 Å². The van der Waals surface area contributed by atoms with Gasteiger partial charge in [-0.25, -0.2) is 8.42 Å². The molecule has 1 atom stereocenters. The predicted molar refractivity (Wildman–Crippen MR) is 113 cm³/mol. The van der Waals surface area contributed by atoms with Crippen LogP contribution in [-0.4, -0.2) is 65.5 Å². The Labute approximate surface area is 185 Å². The number of aryl methyl sites for hydroxylation is 2. The standard InChI is InChI=1S/C20H26F3N5O3S/c1-13-18(14(2)26(4)25-13)24-19(29)15(3)27-9-11-28(12-10-27)32(30,31)17-8-6-5-7-16(17)20(21,22)23/h5-8,15H,9-12H2,1-4H3,(H,24,29)/t15-/m1/s1. The van der Waals surface area contributed by atoms with Gasteiger partial charge < -0.3 is 5.32 Å². The van der Waals surface area contributed by atoms with E-state index in [1.807, 2.05) is 6.92 Å². The van der Waals surface area contributed by atoms with E-state index >= 15 is 0 Å². The number of alkyl halides is 3. The molecule has 1 aromatic heterocycles. The highest BCUT2D eigenvalue weighted by Crippen LogP contribution is 2.35. The molecule has 1 amide bonds. The Morgan fingerprint density at radius 3 is 2.25 bits per heavy atom. The average molecular weight is 474 g/mol. The molecule has 176 valence electrons. The summed E-state index contributed by atoms with van der Waals surface area (Å²) in [4.78, 5) is 13.8. The summed E-state index contributed by atoms with van der Waals surface area (Å²) in [5, 5.41) is 7.13. The Morgan fingerprint density at radius 2 is 1.72 bits per heavy atom. The number of nitrogens with zero attached hydrogens (tertiary/aromatic N) is 4. The van der Waals surface area contributed by atoms with Gasteiger partial charge in [-0.2, -0.15) is 22.6 Å². The molecule has 8 nitrogen and oxygen atoms in total. The van der Waals surface area contributed by atoms with E-state index < -0.39 is 32.7 Å². The second-order valence-corrected chi connectivity index (χ2v) is 9.67. The van der Waals surface area contributed by atoms with Crippen LogP contribution in [0.5, 0.6) is 0 Å². The lowest BCUT2D eigenvalue weighted by molar-refractivity contribution is -0.140.